The van der Waals surface area contributed by atoms with Crippen molar-refractivity contribution in [3.8, 4) is 5.75 Å². The van der Waals surface area contributed by atoms with E-state index in [9.17, 15) is 8.78 Å². The van der Waals surface area contributed by atoms with Crippen molar-refractivity contribution < 1.29 is 13.5 Å². The third-order valence-corrected chi connectivity index (χ3v) is 2.50. The van der Waals surface area contributed by atoms with Crippen LogP contribution in [0.25, 0.3) is 0 Å². The predicted molar refractivity (Wildman–Crippen MR) is 59.5 cm³/mol. The standard InChI is InChI=1S/C11H13BrF2O/c12-7-2-1-3-8-15-11-9(13)5-4-6-10(11)14/h4-6H,1-3,7-8H2. The first kappa shape index (κ1) is 12.4. The van der Waals surface area contributed by atoms with Crippen molar-refractivity contribution in [2.24, 2.45) is 0 Å². The first-order valence-electron chi connectivity index (χ1n) is 4.88. The monoisotopic (exact) mass is 278 g/mol. The van der Waals surface area contributed by atoms with Crippen molar-refractivity contribution in [2.75, 3.05) is 11.9 Å². The molecule has 4 heteroatoms. The molecule has 0 unspecified atom stereocenters. The van der Waals surface area contributed by atoms with Gasteiger partial charge in [0.25, 0.3) is 0 Å². The number of halogens is 3. The Bertz CT molecular complexity index is 284. The first-order valence-corrected chi connectivity index (χ1v) is 6.00. The van der Waals surface area contributed by atoms with Crippen molar-refractivity contribution in [2.45, 2.75) is 19.3 Å². The highest BCUT2D eigenvalue weighted by atomic mass is 79.9. The highest BCUT2D eigenvalue weighted by molar-refractivity contribution is 9.09. The highest BCUT2D eigenvalue weighted by Crippen LogP contribution is 2.20. The molecular formula is C11H13BrF2O. The topological polar surface area (TPSA) is 9.23 Å². The summed E-state index contributed by atoms with van der Waals surface area (Å²) in [7, 11) is 0. The molecule has 1 aromatic rings. The van der Waals surface area contributed by atoms with Gasteiger partial charge >= 0.3 is 0 Å². The molecule has 0 heterocycles. The summed E-state index contributed by atoms with van der Waals surface area (Å²) in [4.78, 5) is 0. The Balaban J connectivity index is 2.37. The maximum absolute atomic E-state index is 13.1. The highest BCUT2D eigenvalue weighted by Gasteiger charge is 2.08. The van der Waals surface area contributed by atoms with Crippen LogP contribution in [0.4, 0.5) is 8.78 Å². The van der Waals surface area contributed by atoms with Gasteiger partial charge in [-0.3, -0.25) is 0 Å². The second-order valence-corrected chi connectivity index (χ2v) is 3.94. The van der Waals surface area contributed by atoms with Gasteiger partial charge in [0.15, 0.2) is 17.4 Å². The Labute approximate surface area is 96.6 Å². The minimum Gasteiger partial charge on any atom is -0.488 e. The average molecular weight is 279 g/mol. The van der Waals surface area contributed by atoms with Gasteiger partial charge in [-0.2, -0.15) is 0 Å². The maximum atomic E-state index is 13.1. The summed E-state index contributed by atoms with van der Waals surface area (Å²) >= 11 is 3.31. The van der Waals surface area contributed by atoms with E-state index in [0.29, 0.717) is 6.61 Å². The van der Waals surface area contributed by atoms with E-state index in [1.807, 2.05) is 0 Å². The molecule has 0 aromatic heterocycles. The first-order chi connectivity index (χ1) is 7.25. The molecule has 1 rings (SSSR count). The second-order valence-electron chi connectivity index (χ2n) is 3.15. The van der Waals surface area contributed by atoms with Gasteiger partial charge in [-0.05, 0) is 31.4 Å². The Kier molecular flexibility index (Phi) is 5.61. The fourth-order valence-corrected chi connectivity index (χ4v) is 1.56. The van der Waals surface area contributed by atoms with Gasteiger partial charge in [0.05, 0.1) is 6.61 Å². The number of ether oxygens (including phenoxy) is 1. The normalized spacial score (nSPS) is 10.3. The Hall–Kier alpha value is -0.640. The van der Waals surface area contributed by atoms with Gasteiger partial charge in [-0.1, -0.05) is 22.0 Å². The molecule has 84 valence electrons. The van der Waals surface area contributed by atoms with E-state index in [1.54, 1.807) is 0 Å². The average Bonchev–Trinajstić information content (AvgIpc) is 2.21. The minimum atomic E-state index is -0.643. The van der Waals surface area contributed by atoms with E-state index < -0.39 is 11.6 Å². The van der Waals surface area contributed by atoms with Gasteiger partial charge in [0.1, 0.15) is 0 Å². The maximum Gasteiger partial charge on any atom is 0.190 e. The Morgan fingerprint density at radius 1 is 1.07 bits per heavy atom. The lowest BCUT2D eigenvalue weighted by molar-refractivity contribution is 0.276. The lowest BCUT2D eigenvalue weighted by Gasteiger charge is -2.07. The molecule has 0 saturated carbocycles. The summed E-state index contributed by atoms with van der Waals surface area (Å²) in [5.41, 5.74) is 0. The number of benzene rings is 1. The number of alkyl halides is 1. The van der Waals surface area contributed by atoms with Crippen LogP contribution in [0, 0.1) is 11.6 Å². The summed E-state index contributed by atoms with van der Waals surface area (Å²) in [6, 6.07) is 3.70. The molecule has 0 radical (unpaired) electrons. The van der Waals surface area contributed by atoms with E-state index in [0.717, 1.165) is 24.6 Å². The SMILES string of the molecule is Fc1cccc(F)c1OCCCCCBr. The molecule has 1 aromatic carbocycles. The summed E-state index contributed by atoms with van der Waals surface area (Å²) in [6.07, 6.45) is 2.84. The number of hydrogen-bond donors (Lipinski definition) is 0. The van der Waals surface area contributed by atoms with Gasteiger partial charge < -0.3 is 4.74 Å². The Morgan fingerprint density at radius 2 is 1.73 bits per heavy atom. The van der Waals surface area contributed by atoms with E-state index in [-0.39, 0.29) is 5.75 Å². The van der Waals surface area contributed by atoms with Crippen LogP contribution >= 0.6 is 15.9 Å². The fraction of sp³-hybridized carbons (Fsp3) is 0.455. The van der Waals surface area contributed by atoms with Gasteiger partial charge in [-0.25, -0.2) is 8.78 Å². The molecule has 0 N–H and O–H groups in total. The molecule has 0 bridgehead atoms. The number of hydrogen-bond acceptors (Lipinski definition) is 1. The molecular weight excluding hydrogens is 266 g/mol. The Morgan fingerprint density at radius 3 is 2.33 bits per heavy atom. The minimum absolute atomic E-state index is 0.267. The molecule has 0 aliphatic carbocycles. The van der Waals surface area contributed by atoms with Crippen molar-refractivity contribution in [3.05, 3.63) is 29.8 Å². The molecule has 0 amide bonds. The summed E-state index contributed by atoms with van der Waals surface area (Å²) in [5.74, 6) is -1.55. The van der Waals surface area contributed by atoms with Crippen LogP contribution in [0.2, 0.25) is 0 Å². The molecule has 0 saturated heterocycles. The molecule has 15 heavy (non-hydrogen) atoms. The largest absolute Gasteiger partial charge is 0.488 e. The zero-order valence-corrected chi connectivity index (χ0v) is 9.90. The number of rotatable bonds is 6. The summed E-state index contributed by atoms with van der Waals surface area (Å²) in [6.45, 7) is 0.352. The van der Waals surface area contributed by atoms with Crippen LogP contribution in [0.5, 0.6) is 5.75 Å². The predicted octanol–water partition coefficient (Wildman–Crippen LogP) is 3.91. The van der Waals surface area contributed by atoms with Crippen molar-refractivity contribution >= 4 is 15.9 Å². The van der Waals surface area contributed by atoms with Crippen LogP contribution in [0.15, 0.2) is 18.2 Å². The molecule has 0 aliphatic rings. The van der Waals surface area contributed by atoms with Crippen LogP contribution in [0.1, 0.15) is 19.3 Å². The number of unbranched alkanes of at least 4 members (excludes halogenated alkanes) is 2. The molecule has 0 fully saturated rings. The van der Waals surface area contributed by atoms with E-state index in [2.05, 4.69) is 15.9 Å². The van der Waals surface area contributed by atoms with Crippen molar-refractivity contribution in [1.82, 2.24) is 0 Å². The van der Waals surface area contributed by atoms with Crippen LogP contribution in [0.3, 0.4) is 0 Å². The molecule has 1 nitrogen and oxygen atoms in total. The number of para-hydroxylation sites is 1. The quantitative estimate of drug-likeness (QED) is 0.566. The van der Waals surface area contributed by atoms with E-state index in [4.69, 9.17) is 4.74 Å². The smallest absolute Gasteiger partial charge is 0.190 e. The van der Waals surface area contributed by atoms with Gasteiger partial charge in [0, 0.05) is 5.33 Å². The summed E-state index contributed by atoms with van der Waals surface area (Å²) in [5, 5.41) is 0.945. The molecule has 0 spiro atoms. The lowest BCUT2D eigenvalue weighted by Crippen LogP contribution is -2.01. The third-order valence-electron chi connectivity index (χ3n) is 1.94. The summed E-state index contributed by atoms with van der Waals surface area (Å²) < 4.78 is 31.2. The van der Waals surface area contributed by atoms with Crippen LogP contribution in [-0.2, 0) is 0 Å². The molecule has 0 atom stereocenters. The third kappa shape index (κ3) is 4.16. The van der Waals surface area contributed by atoms with Crippen molar-refractivity contribution in [1.29, 1.82) is 0 Å². The van der Waals surface area contributed by atoms with Crippen molar-refractivity contribution in [3.63, 3.8) is 0 Å². The van der Waals surface area contributed by atoms with Crippen LogP contribution < -0.4 is 4.74 Å². The zero-order chi connectivity index (χ0) is 11.1. The van der Waals surface area contributed by atoms with E-state index >= 15 is 0 Å². The van der Waals surface area contributed by atoms with Crippen LogP contribution in [-0.4, -0.2) is 11.9 Å². The van der Waals surface area contributed by atoms with Gasteiger partial charge in [0.2, 0.25) is 0 Å². The molecule has 0 aliphatic heterocycles. The second kappa shape index (κ2) is 6.77. The van der Waals surface area contributed by atoms with Gasteiger partial charge in [-0.15, -0.1) is 0 Å². The van der Waals surface area contributed by atoms with E-state index in [1.165, 1.54) is 18.2 Å². The zero-order valence-electron chi connectivity index (χ0n) is 8.31. The lowest BCUT2D eigenvalue weighted by atomic mass is 10.2. The fourth-order valence-electron chi connectivity index (χ4n) is 1.17.